The molecule has 4 heterocycles. The SMILES string of the molecule is CO[C@@H]1[C@@H](O[C@@H]2O[C@@H](C)[C@H](O[C@H]3C[C@](C)(O)[C@H](O)[C@H](C)O3)[C@@H](N(C)C)[C@H]2O)[C@@H](CC=O)C[C@H](C)[C@@H](O)/C=C/[C@H]2O[C@H]2C[C@@H](C)OC(=O)C[C@@H]1OC(C)=O. The first-order valence-electron chi connectivity index (χ1n) is 18.6. The molecule has 16 nitrogen and oxygen atoms in total. The molecule has 16 heteroatoms. The zero-order valence-electron chi connectivity index (χ0n) is 32.3. The van der Waals surface area contributed by atoms with E-state index in [0.717, 1.165) is 0 Å². The number of rotatable bonds is 9. The van der Waals surface area contributed by atoms with Crippen molar-refractivity contribution in [2.75, 3.05) is 21.2 Å². The van der Waals surface area contributed by atoms with Crippen LogP contribution in [0.4, 0.5) is 0 Å². The highest BCUT2D eigenvalue weighted by molar-refractivity contribution is 5.72. The minimum absolute atomic E-state index is 0.0326. The Bertz CT molecular complexity index is 1250. The number of aldehydes is 1. The smallest absolute Gasteiger partial charge is 0.309 e. The number of carbonyl (C=O) groups excluding carboxylic acids is 3. The van der Waals surface area contributed by atoms with Gasteiger partial charge in [-0.05, 0) is 60.0 Å². The largest absolute Gasteiger partial charge is 0.462 e. The van der Waals surface area contributed by atoms with Crippen LogP contribution in [-0.2, 0) is 52.3 Å². The maximum Gasteiger partial charge on any atom is 0.309 e. The van der Waals surface area contributed by atoms with Crippen LogP contribution in [0.15, 0.2) is 12.2 Å². The highest BCUT2D eigenvalue weighted by Gasteiger charge is 2.52. The minimum Gasteiger partial charge on any atom is -0.462 e. The van der Waals surface area contributed by atoms with Gasteiger partial charge in [-0.15, -0.1) is 0 Å². The summed E-state index contributed by atoms with van der Waals surface area (Å²) in [5, 5.41) is 44.3. The molecule has 0 aromatic carbocycles. The van der Waals surface area contributed by atoms with Gasteiger partial charge in [0.2, 0.25) is 0 Å². The van der Waals surface area contributed by atoms with Crippen LogP contribution in [0.25, 0.3) is 0 Å². The van der Waals surface area contributed by atoms with E-state index in [9.17, 15) is 34.8 Å². The van der Waals surface area contributed by atoms with E-state index in [-0.39, 0.29) is 31.5 Å². The quantitative estimate of drug-likeness (QED) is 0.110. The van der Waals surface area contributed by atoms with Gasteiger partial charge in [-0.2, -0.15) is 0 Å². The molecule has 0 bridgehead atoms. The molecule has 0 spiro atoms. The summed E-state index contributed by atoms with van der Waals surface area (Å²) in [7, 11) is 4.85. The highest BCUT2D eigenvalue weighted by atomic mass is 16.7. The van der Waals surface area contributed by atoms with E-state index in [1.54, 1.807) is 51.9 Å². The second kappa shape index (κ2) is 18.7. The first kappa shape index (κ1) is 43.6. The number of aliphatic hydroxyl groups is 4. The number of aliphatic hydroxyl groups excluding tert-OH is 3. The number of ether oxygens (including phenoxy) is 8. The number of nitrogens with zero attached hydrogens (tertiary/aromatic N) is 1. The summed E-state index contributed by atoms with van der Waals surface area (Å²) in [6.45, 7) is 9.62. The molecular weight excluding hydrogens is 698 g/mol. The number of methoxy groups -OCH3 is 1. The Hall–Kier alpha value is -2.09. The molecule has 18 atom stereocenters. The molecule has 3 fully saturated rings. The van der Waals surface area contributed by atoms with E-state index in [2.05, 4.69) is 0 Å². The number of hydrogen-bond donors (Lipinski definition) is 4. The molecule has 4 aliphatic rings. The second-order valence-corrected chi connectivity index (χ2v) is 15.6. The normalized spacial score (nSPS) is 46.5. The number of hydrogen-bond acceptors (Lipinski definition) is 16. The molecule has 0 aliphatic carbocycles. The van der Waals surface area contributed by atoms with Crippen molar-refractivity contribution < 1.29 is 72.7 Å². The van der Waals surface area contributed by atoms with Crippen LogP contribution in [0, 0.1) is 11.8 Å². The molecular formula is C37H61NO15. The zero-order valence-corrected chi connectivity index (χ0v) is 32.3. The van der Waals surface area contributed by atoms with Crippen LogP contribution < -0.4 is 0 Å². The minimum atomic E-state index is -1.48. The molecule has 0 radical (unpaired) electrons. The Labute approximate surface area is 311 Å². The lowest BCUT2D eigenvalue weighted by atomic mass is 9.82. The Morgan fingerprint density at radius 1 is 1.00 bits per heavy atom. The zero-order chi connectivity index (χ0) is 39.4. The van der Waals surface area contributed by atoms with Gasteiger partial charge >= 0.3 is 11.9 Å². The molecule has 3 saturated heterocycles. The van der Waals surface area contributed by atoms with Crippen molar-refractivity contribution in [1.82, 2.24) is 4.90 Å². The maximum atomic E-state index is 13.3. The third kappa shape index (κ3) is 11.3. The molecule has 0 unspecified atom stereocenters. The molecule has 0 aromatic heterocycles. The average Bonchev–Trinajstić information content (AvgIpc) is 3.80. The van der Waals surface area contributed by atoms with Crippen molar-refractivity contribution >= 4 is 18.2 Å². The topological polar surface area (TPSA) is 213 Å². The van der Waals surface area contributed by atoms with Gasteiger partial charge in [0.15, 0.2) is 12.6 Å². The van der Waals surface area contributed by atoms with Crippen LogP contribution >= 0.6 is 0 Å². The number of esters is 2. The Morgan fingerprint density at radius 3 is 2.30 bits per heavy atom. The fourth-order valence-electron chi connectivity index (χ4n) is 7.88. The lowest BCUT2D eigenvalue weighted by Crippen LogP contribution is -2.65. The Morgan fingerprint density at radius 2 is 1.70 bits per heavy atom. The first-order chi connectivity index (χ1) is 24.9. The van der Waals surface area contributed by atoms with Gasteiger partial charge in [0.05, 0.1) is 48.6 Å². The van der Waals surface area contributed by atoms with E-state index in [4.69, 9.17) is 37.9 Å². The summed E-state index contributed by atoms with van der Waals surface area (Å²) >= 11 is 0. The van der Waals surface area contributed by atoms with Gasteiger partial charge < -0.3 is 68.0 Å². The molecule has 304 valence electrons. The molecule has 4 aliphatic heterocycles. The fraction of sp³-hybridized carbons (Fsp3) is 0.865. The summed E-state index contributed by atoms with van der Waals surface area (Å²) in [5.74, 6) is -2.44. The molecule has 0 aromatic rings. The summed E-state index contributed by atoms with van der Waals surface area (Å²) in [6, 6.07) is -0.753. The van der Waals surface area contributed by atoms with Crippen LogP contribution in [0.5, 0.6) is 0 Å². The fourth-order valence-corrected chi connectivity index (χ4v) is 7.88. The number of epoxide rings is 1. The molecule has 0 amide bonds. The van der Waals surface area contributed by atoms with E-state index >= 15 is 0 Å². The van der Waals surface area contributed by atoms with Crippen molar-refractivity contribution in [3.8, 4) is 0 Å². The predicted molar refractivity (Wildman–Crippen MR) is 186 cm³/mol. The number of carbonyl (C=O) groups is 3. The Kier molecular flexibility index (Phi) is 15.4. The van der Waals surface area contributed by atoms with Gasteiger partial charge in [-0.25, -0.2) is 0 Å². The molecule has 4 rings (SSSR count). The van der Waals surface area contributed by atoms with Gasteiger partial charge in [-0.1, -0.05) is 19.1 Å². The van der Waals surface area contributed by atoms with E-state index in [1.807, 2.05) is 6.92 Å². The molecule has 4 N–H and O–H groups in total. The van der Waals surface area contributed by atoms with Crippen LogP contribution in [0.3, 0.4) is 0 Å². The van der Waals surface area contributed by atoms with Crippen LogP contribution in [0.2, 0.25) is 0 Å². The number of likely N-dealkylation sites (N-methyl/N-ethyl adjacent to an activating group) is 1. The highest BCUT2D eigenvalue weighted by Crippen LogP contribution is 2.37. The van der Waals surface area contributed by atoms with Crippen molar-refractivity contribution in [2.24, 2.45) is 11.8 Å². The summed E-state index contributed by atoms with van der Waals surface area (Å²) < 4.78 is 48.1. The molecule has 53 heavy (non-hydrogen) atoms. The monoisotopic (exact) mass is 759 g/mol. The van der Waals surface area contributed by atoms with Gasteiger partial charge in [0, 0.05) is 33.3 Å². The van der Waals surface area contributed by atoms with Crippen molar-refractivity contribution in [3.05, 3.63) is 12.2 Å². The molecule has 0 saturated carbocycles. The van der Waals surface area contributed by atoms with Crippen molar-refractivity contribution in [2.45, 2.75) is 171 Å². The van der Waals surface area contributed by atoms with E-state index < -0.39 is 115 Å². The average molecular weight is 760 g/mol. The van der Waals surface area contributed by atoms with E-state index in [0.29, 0.717) is 12.7 Å². The van der Waals surface area contributed by atoms with Crippen molar-refractivity contribution in [1.29, 1.82) is 0 Å². The number of fused-ring (bicyclic) bond motifs is 1. The number of cyclic esters (lactones) is 1. The van der Waals surface area contributed by atoms with Gasteiger partial charge in [0.1, 0.15) is 49.0 Å². The summed E-state index contributed by atoms with van der Waals surface area (Å²) in [4.78, 5) is 39.7. The van der Waals surface area contributed by atoms with Crippen LogP contribution in [0.1, 0.15) is 73.6 Å². The lowest BCUT2D eigenvalue weighted by Gasteiger charge is -2.50. The third-order valence-electron chi connectivity index (χ3n) is 10.8. The standard InChI is InChI=1S/C37H61NO15/c1-18-14-23(12-13-39)33(34(46-9)27(50-22(5)40)16-28(42)47-19(2)15-26-25(51-26)11-10-24(18)41)53-36-31(43)30(38(7)8)32(20(3)49-36)52-29-17-37(6,45)35(44)21(4)48-29/h10-11,13,18-21,23-27,29-36,41,43-45H,12,14-17H2,1-9H3/b11-10+/t18-,19+,20-,21-,23-,24-,25+,26-,27-,29-,30-,31+,32-,33-,34-,35+,36-,37-/m0/s1. The van der Waals surface area contributed by atoms with E-state index in [1.165, 1.54) is 21.0 Å². The maximum absolute atomic E-state index is 13.3. The van der Waals surface area contributed by atoms with Crippen LogP contribution in [-0.4, -0.2) is 162 Å². The Balaban J connectivity index is 1.68. The summed E-state index contributed by atoms with van der Waals surface area (Å²) in [5.41, 5.74) is -1.48. The first-order valence-corrected chi connectivity index (χ1v) is 18.6. The second-order valence-electron chi connectivity index (χ2n) is 15.6. The van der Waals surface area contributed by atoms with Gasteiger partial charge in [0.25, 0.3) is 0 Å². The lowest BCUT2D eigenvalue weighted by molar-refractivity contribution is -0.344. The third-order valence-corrected chi connectivity index (χ3v) is 10.8. The summed E-state index contributed by atoms with van der Waals surface area (Å²) in [6.07, 6.45) is -8.14. The van der Waals surface area contributed by atoms with Crippen molar-refractivity contribution in [3.63, 3.8) is 0 Å². The van der Waals surface area contributed by atoms with Gasteiger partial charge in [-0.3, -0.25) is 9.59 Å². The predicted octanol–water partition coefficient (Wildman–Crippen LogP) is 0.628.